The highest BCUT2D eigenvalue weighted by Gasteiger charge is 2.07. The van der Waals surface area contributed by atoms with Crippen molar-refractivity contribution in [2.24, 2.45) is 0 Å². The van der Waals surface area contributed by atoms with E-state index < -0.39 is 0 Å². The van der Waals surface area contributed by atoms with Crippen molar-refractivity contribution in [1.29, 1.82) is 0 Å². The molecule has 1 amide bonds. The minimum Gasteiger partial charge on any atom is -0.508 e. The van der Waals surface area contributed by atoms with E-state index in [9.17, 15) is 4.79 Å². The number of nitrogens with one attached hydrogen (secondary N) is 1. The fourth-order valence-electron chi connectivity index (χ4n) is 1.23. The molecule has 6 heteroatoms. The molecule has 2 rings (SSSR count). The summed E-state index contributed by atoms with van der Waals surface area (Å²) >= 11 is 0. The zero-order chi connectivity index (χ0) is 12.1. The zero-order valence-corrected chi connectivity index (χ0v) is 8.87. The lowest BCUT2D eigenvalue weighted by Gasteiger charge is -2.03. The number of hydrogen-bond acceptors (Lipinski definition) is 5. The van der Waals surface area contributed by atoms with Crippen LogP contribution in [0.4, 0.5) is 0 Å². The molecular weight excluding hydrogens is 220 g/mol. The Hall–Kier alpha value is -2.50. The van der Waals surface area contributed by atoms with Crippen LogP contribution in [0.2, 0.25) is 0 Å². The van der Waals surface area contributed by atoms with Gasteiger partial charge in [0.2, 0.25) is 5.82 Å². The Kier molecular flexibility index (Phi) is 3.25. The summed E-state index contributed by atoms with van der Waals surface area (Å²) in [5.74, 6) is -0.159. The Labute approximate surface area is 97.4 Å². The van der Waals surface area contributed by atoms with Crippen molar-refractivity contribution < 1.29 is 9.90 Å². The van der Waals surface area contributed by atoms with Crippen LogP contribution >= 0.6 is 0 Å². The Morgan fingerprint density at radius 1 is 1.24 bits per heavy atom. The molecule has 2 aromatic rings. The summed E-state index contributed by atoms with van der Waals surface area (Å²) in [6.45, 7) is 0.345. The van der Waals surface area contributed by atoms with E-state index in [2.05, 4.69) is 20.5 Å². The van der Waals surface area contributed by atoms with Crippen LogP contribution in [0.15, 0.2) is 36.7 Å². The van der Waals surface area contributed by atoms with Crippen LogP contribution in [0.5, 0.6) is 5.75 Å². The van der Waals surface area contributed by atoms with E-state index in [4.69, 9.17) is 5.11 Å². The summed E-state index contributed by atoms with van der Waals surface area (Å²) in [5, 5.41) is 18.9. The molecular formula is C11H10N4O2. The van der Waals surface area contributed by atoms with E-state index in [1.807, 2.05) is 0 Å². The van der Waals surface area contributed by atoms with Crippen molar-refractivity contribution in [3.63, 3.8) is 0 Å². The molecule has 0 bridgehead atoms. The number of phenols is 1. The van der Waals surface area contributed by atoms with Crippen molar-refractivity contribution in [2.45, 2.75) is 6.54 Å². The van der Waals surface area contributed by atoms with Gasteiger partial charge in [0.1, 0.15) is 5.75 Å². The summed E-state index contributed by atoms with van der Waals surface area (Å²) in [4.78, 5) is 15.3. The van der Waals surface area contributed by atoms with Crippen molar-refractivity contribution in [1.82, 2.24) is 20.5 Å². The lowest BCUT2D eigenvalue weighted by Crippen LogP contribution is -2.25. The van der Waals surface area contributed by atoms with Gasteiger partial charge in [-0.3, -0.25) is 4.79 Å². The number of aromatic nitrogens is 3. The maximum atomic E-state index is 11.6. The Bertz CT molecular complexity index is 499. The Balaban J connectivity index is 1.95. The van der Waals surface area contributed by atoms with Crippen LogP contribution in [-0.4, -0.2) is 26.2 Å². The van der Waals surface area contributed by atoms with Crippen molar-refractivity contribution in [3.05, 3.63) is 48.0 Å². The molecule has 0 radical (unpaired) electrons. The smallest absolute Gasteiger partial charge is 0.291 e. The van der Waals surface area contributed by atoms with E-state index in [0.29, 0.717) is 6.54 Å². The second kappa shape index (κ2) is 5.02. The SMILES string of the molecule is O=C(NCc1ccc(O)cc1)c1nccnn1. The molecule has 1 aromatic carbocycles. The molecule has 0 aliphatic rings. The molecule has 1 heterocycles. The number of nitrogens with zero attached hydrogens (tertiary/aromatic N) is 3. The van der Waals surface area contributed by atoms with E-state index in [1.165, 1.54) is 12.4 Å². The number of carbonyl (C=O) groups excluding carboxylic acids is 1. The topological polar surface area (TPSA) is 88.0 Å². The van der Waals surface area contributed by atoms with Gasteiger partial charge in [0.25, 0.3) is 5.91 Å². The number of hydrogen-bond donors (Lipinski definition) is 2. The van der Waals surface area contributed by atoms with E-state index in [-0.39, 0.29) is 17.5 Å². The molecule has 0 aliphatic heterocycles. The van der Waals surface area contributed by atoms with Crippen molar-refractivity contribution >= 4 is 5.91 Å². The van der Waals surface area contributed by atoms with Gasteiger partial charge in [-0.15, -0.1) is 5.10 Å². The molecule has 0 atom stereocenters. The van der Waals surface area contributed by atoms with Crippen LogP contribution in [-0.2, 0) is 6.54 Å². The molecule has 2 N–H and O–H groups in total. The third-order valence-electron chi connectivity index (χ3n) is 2.08. The third kappa shape index (κ3) is 2.97. The van der Waals surface area contributed by atoms with Gasteiger partial charge in [0.15, 0.2) is 0 Å². The molecule has 6 nitrogen and oxygen atoms in total. The van der Waals surface area contributed by atoms with Crippen LogP contribution in [0.3, 0.4) is 0 Å². The first-order valence-corrected chi connectivity index (χ1v) is 4.95. The van der Waals surface area contributed by atoms with Gasteiger partial charge in [-0.1, -0.05) is 12.1 Å². The Morgan fingerprint density at radius 2 is 2.00 bits per heavy atom. The van der Waals surface area contributed by atoms with Gasteiger partial charge in [-0.2, -0.15) is 5.10 Å². The first kappa shape index (κ1) is 11.0. The number of phenolic OH excluding ortho intramolecular Hbond substituents is 1. The Morgan fingerprint density at radius 3 is 2.65 bits per heavy atom. The van der Waals surface area contributed by atoms with Crippen molar-refractivity contribution in [3.8, 4) is 5.75 Å². The average molecular weight is 230 g/mol. The predicted molar refractivity (Wildman–Crippen MR) is 59.1 cm³/mol. The fraction of sp³-hybridized carbons (Fsp3) is 0.0909. The minimum absolute atomic E-state index is 0.0336. The third-order valence-corrected chi connectivity index (χ3v) is 2.08. The molecule has 1 aromatic heterocycles. The summed E-state index contributed by atoms with van der Waals surface area (Å²) in [5.41, 5.74) is 0.875. The van der Waals surface area contributed by atoms with Gasteiger partial charge in [-0.25, -0.2) is 4.98 Å². The van der Waals surface area contributed by atoms with Gasteiger partial charge >= 0.3 is 0 Å². The number of amides is 1. The van der Waals surface area contributed by atoms with E-state index >= 15 is 0 Å². The quantitative estimate of drug-likeness (QED) is 0.801. The summed E-state index contributed by atoms with van der Waals surface area (Å²) < 4.78 is 0. The highest BCUT2D eigenvalue weighted by Crippen LogP contribution is 2.09. The second-order valence-corrected chi connectivity index (χ2v) is 3.32. The number of benzene rings is 1. The van der Waals surface area contributed by atoms with Crippen LogP contribution in [0, 0.1) is 0 Å². The summed E-state index contributed by atoms with van der Waals surface area (Å²) in [6.07, 6.45) is 2.80. The standard InChI is InChI=1S/C11H10N4O2/c16-9-3-1-8(2-4-9)7-13-11(17)10-12-5-6-14-15-10/h1-6,16H,7H2,(H,13,17). The maximum absolute atomic E-state index is 11.6. The van der Waals surface area contributed by atoms with E-state index in [1.54, 1.807) is 24.3 Å². The van der Waals surface area contributed by atoms with Crippen LogP contribution in [0.25, 0.3) is 0 Å². The zero-order valence-electron chi connectivity index (χ0n) is 8.87. The molecule has 0 unspecified atom stereocenters. The normalized spacial score (nSPS) is 9.88. The van der Waals surface area contributed by atoms with Gasteiger partial charge < -0.3 is 10.4 Å². The predicted octanol–water partition coefficient (Wildman–Crippen LogP) is 0.507. The molecule has 0 spiro atoms. The van der Waals surface area contributed by atoms with Gasteiger partial charge in [-0.05, 0) is 17.7 Å². The summed E-state index contributed by atoms with van der Waals surface area (Å²) in [6, 6.07) is 6.56. The fourth-order valence-corrected chi connectivity index (χ4v) is 1.23. The molecule has 17 heavy (non-hydrogen) atoms. The lowest BCUT2D eigenvalue weighted by atomic mass is 10.2. The minimum atomic E-state index is -0.383. The van der Waals surface area contributed by atoms with Crippen LogP contribution in [0.1, 0.15) is 16.2 Å². The number of carbonyl (C=O) groups is 1. The molecule has 0 aliphatic carbocycles. The molecule has 0 fully saturated rings. The first-order chi connectivity index (χ1) is 8.25. The summed E-state index contributed by atoms with van der Waals surface area (Å²) in [7, 11) is 0. The molecule has 0 saturated heterocycles. The monoisotopic (exact) mass is 230 g/mol. The highest BCUT2D eigenvalue weighted by molar-refractivity contribution is 5.90. The molecule has 0 saturated carbocycles. The van der Waals surface area contributed by atoms with Crippen molar-refractivity contribution in [2.75, 3.05) is 0 Å². The van der Waals surface area contributed by atoms with E-state index in [0.717, 1.165) is 5.56 Å². The average Bonchev–Trinajstić information content (AvgIpc) is 2.39. The second-order valence-electron chi connectivity index (χ2n) is 3.32. The maximum Gasteiger partial charge on any atom is 0.291 e. The number of rotatable bonds is 3. The lowest BCUT2D eigenvalue weighted by molar-refractivity contribution is 0.0939. The van der Waals surface area contributed by atoms with Gasteiger partial charge in [0.05, 0.1) is 6.20 Å². The highest BCUT2D eigenvalue weighted by atomic mass is 16.3. The van der Waals surface area contributed by atoms with Gasteiger partial charge in [0, 0.05) is 12.7 Å². The number of aromatic hydroxyl groups is 1. The largest absolute Gasteiger partial charge is 0.508 e. The molecule has 86 valence electrons. The first-order valence-electron chi connectivity index (χ1n) is 4.95. The van der Waals surface area contributed by atoms with Crippen LogP contribution < -0.4 is 5.32 Å².